The van der Waals surface area contributed by atoms with Gasteiger partial charge in [-0.1, -0.05) is 26.9 Å². The van der Waals surface area contributed by atoms with Gasteiger partial charge in [-0.25, -0.2) is 0 Å². The molecule has 0 amide bonds. The van der Waals surface area contributed by atoms with E-state index < -0.39 is 0 Å². The molecule has 0 spiro atoms. The number of nitrogens with one attached hydrogen (secondary N) is 1. The molecule has 0 aliphatic rings. The number of hydrogen-bond acceptors (Lipinski definition) is 2. The Labute approximate surface area is 45.4 Å². The maximum absolute atomic E-state index is 3.08. The molecular formula is C3H10NPS. The highest BCUT2D eigenvalue weighted by atomic mass is 32.7. The minimum Gasteiger partial charge on any atom is -0.261 e. The van der Waals surface area contributed by atoms with Crippen LogP contribution in [0.3, 0.4) is 0 Å². The van der Waals surface area contributed by atoms with Crippen LogP contribution in [-0.2, 0) is 0 Å². The lowest BCUT2D eigenvalue weighted by Crippen LogP contribution is -1.99. The van der Waals surface area contributed by atoms with Crippen LogP contribution in [0.15, 0.2) is 0 Å². The lowest BCUT2D eigenvalue weighted by atomic mass is 10.5. The summed E-state index contributed by atoms with van der Waals surface area (Å²) >= 11 is 1.59. The maximum Gasteiger partial charge on any atom is 0.00587 e. The lowest BCUT2D eigenvalue weighted by molar-refractivity contribution is 0.882. The van der Waals surface area contributed by atoms with Gasteiger partial charge >= 0.3 is 0 Å². The molecule has 0 rings (SSSR count). The SMILES string of the molecule is CCCNSP. The van der Waals surface area contributed by atoms with Crippen molar-refractivity contribution in [2.24, 2.45) is 0 Å². The van der Waals surface area contributed by atoms with E-state index in [1.54, 1.807) is 11.6 Å². The Hall–Kier alpha value is 0.740. The van der Waals surface area contributed by atoms with Gasteiger partial charge in [0, 0.05) is 6.54 Å². The molecule has 1 atom stereocenters. The summed E-state index contributed by atoms with van der Waals surface area (Å²) < 4.78 is 3.08. The minimum atomic E-state index is 1.11. The van der Waals surface area contributed by atoms with E-state index in [1.807, 2.05) is 0 Å². The summed E-state index contributed by atoms with van der Waals surface area (Å²) in [4.78, 5) is 0. The molecule has 38 valence electrons. The van der Waals surface area contributed by atoms with Crippen molar-refractivity contribution in [3.63, 3.8) is 0 Å². The molecule has 0 aromatic carbocycles. The van der Waals surface area contributed by atoms with E-state index >= 15 is 0 Å². The Morgan fingerprint density at radius 2 is 2.50 bits per heavy atom. The molecule has 0 saturated heterocycles. The first kappa shape index (κ1) is 6.74. The van der Waals surface area contributed by atoms with Crippen LogP contribution in [0.4, 0.5) is 0 Å². The smallest absolute Gasteiger partial charge is 0.00587 e. The minimum absolute atomic E-state index is 1.11. The Morgan fingerprint density at radius 3 is 2.67 bits per heavy atom. The third-order valence-electron chi connectivity index (χ3n) is 0.435. The van der Waals surface area contributed by atoms with Gasteiger partial charge in [0.2, 0.25) is 0 Å². The van der Waals surface area contributed by atoms with Gasteiger partial charge in [-0.3, -0.25) is 4.72 Å². The van der Waals surface area contributed by atoms with Gasteiger partial charge in [0.15, 0.2) is 0 Å². The van der Waals surface area contributed by atoms with Crippen LogP contribution >= 0.6 is 20.0 Å². The Balaban J connectivity index is 2.34. The standard InChI is InChI=1S/C3H10NPS/c1-2-3-4-6-5/h4H,2-3,5H2,1H3. The Bertz CT molecular complexity index is 22.8. The van der Waals surface area contributed by atoms with Gasteiger partial charge in [-0.15, -0.1) is 0 Å². The summed E-state index contributed by atoms with van der Waals surface area (Å²) in [5, 5.41) is 0. The van der Waals surface area contributed by atoms with E-state index in [0.717, 1.165) is 6.54 Å². The summed E-state index contributed by atoms with van der Waals surface area (Å²) in [5.74, 6) is 0. The molecule has 0 aromatic rings. The summed E-state index contributed by atoms with van der Waals surface area (Å²) in [7, 11) is 2.53. The fourth-order valence-electron chi connectivity index (χ4n) is 0.161. The van der Waals surface area contributed by atoms with Crippen molar-refractivity contribution >= 4 is 20.0 Å². The van der Waals surface area contributed by atoms with Crippen LogP contribution in [0, 0.1) is 0 Å². The van der Waals surface area contributed by atoms with Crippen molar-refractivity contribution < 1.29 is 0 Å². The summed E-state index contributed by atoms with van der Waals surface area (Å²) in [6.45, 7) is 3.25. The van der Waals surface area contributed by atoms with Crippen LogP contribution in [0.2, 0.25) is 0 Å². The van der Waals surface area contributed by atoms with Gasteiger partial charge in [0.05, 0.1) is 0 Å². The van der Waals surface area contributed by atoms with Crippen molar-refractivity contribution in [1.82, 2.24) is 4.72 Å². The molecule has 0 aliphatic carbocycles. The number of rotatable bonds is 3. The molecule has 0 aliphatic heterocycles. The largest absolute Gasteiger partial charge is 0.261 e. The third-order valence-corrected chi connectivity index (χ3v) is 1.31. The molecule has 3 heteroatoms. The average Bonchev–Trinajstić information content (AvgIpc) is 1.61. The number of hydrogen-bond donors (Lipinski definition) is 1. The van der Waals surface area contributed by atoms with Crippen LogP contribution < -0.4 is 4.72 Å². The quantitative estimate of drug-likeness (QED) is 0.346. The summed E-state index contributed by atoms with van der Waals surface area (Å²) in [6.07, 6.45) is 1.21. The maximum atomic E-state index is 3.08. The molecule has 1 unspecified atom stereocenters. The zero-order valence-corrected chi connectivity index (χ0v) is 5.87. The summed E-state index contributed by atoms with van der Waals surface area (Å²) in [6, 6.07) is 0. The normalized spacial score (nSPS) is 9.00. The fourth-order valence-corrected chi connectivity index (χ4v) is 0.837. The van der Waals surface area contributed by atoms with Crippen molar-refractivity contribution in [1.29, 1.82) is 0 Å². The molecule has 1 nitrogen and oxygen atoms in total. The molecule has 6 heavy (non-hydrogen) atoms. The van der Waals surface area contributed by atoms with E-state index in [-0.39, 0.29) is 0 Å². The van der Waals surface area contributed by atoms with Gasteiger partial charge in [0.25, 0.3) is 0 Å². The topological polar surface area (TPSA) is 12.0 Å². The van der Waals surface area contributed by atoms with Gasteiger partial charge in [-0.2, -0.15) is 0 Å². The monoisotopic (exact) mass is 123 g/mol. The predicted molar refractivity (Wildman–Crippen MR) is 35.6 cm³/mol. The van der Waals surface area contributed by atoms with Crippen molar-refractivity contribution in [3.8, 4) is 0 Å². The highest BCUT2D eigenvalue weighted by molar-refractivity contribution is 8.42. The van der Waals surface area contributed by atoms with Crippen molar-refractivity contribution in [2.45, 2.75) is 13.3 Å². The third kappa shape index (κ3) is 4.74. The molecule has 0 fully saturated rings. The Kier molecular flexibility index (Phi) is 6.45. The zero-order chi connectivity index (χ0) is 4.83. The Morgan fingerprint density at radius 1 is 1.83 bits per heavy atom. The molecule has 0 bridgehead atoms. The highest BCUT2D eigenvalue weighted by Gasteiger charge is 1.72. The van der Waals surface area contributed by atoms with E-state index in [9.17, 15) is 0 Å². The van der Waals surface area contributed by atoms with Crippen LogP contribution in [-0.4, -0.2) is 6.54 Å². The first-order chi connectivity index (χ1) is 2.91. The van der Waals surface area contributed by atoms with Crippen molar-refractivity contribution in [2.75, 3.05) is 6.54 Å². The van der Waals surface area contributed by atoms with E-state index in [1.165, 1.54) is 6.42 Å². The van der Waals surface area contributed by atoms with Crippen LogP contribution in [0.5, 0.6) is 0 Å². The molecule has 1 N–H and O–H groups in total. The second-order valence-corrected chi connectivity index (χ2v) is 2.24. The molecule has 0 radical (unpaired) electrons. The van der Waals surface area contributed by atoms with E-state index in [2.05, 4.69) is 20.1 Å². The van der Waals surface area contributed by atoms with Gasteiger partial charge in [-0.05, 0) is 6.42 Å². The first-order valence-corrected chi connectivity index (χ1v) is 4.29. The second-order valence-electron chi connectivity index (χ2n) is 1.01. The van der Waals surface area contributed by atoms with Crippen LogP contribution in [0.25, 0.3) is 0 Å². The molecule has 0 saturated carbocycles. The molecule has 0 aromatic heterocycles. The first-order valence-electron chi connectivity index (χ1n) is 2.00. The average molecular weight is 123 g/mol. The van der Waals surface area contributed by atoms with Crippen LogP contribution in [0.1, 0.15) is 13.3 Å². The highest BCUT2D eigenvalue weighted by Crippen LogP contribution is 2.01. The zero-order valence-electron chi connectivity index (χ0n) is 3.90. The van der Waals surface area contributed by atoms with Gasteiger partial charge in [0.1, 0.15) is 0 Å². The van der Waals surface area contributed by atoms with Crippen molar-refractivity contribution in [3.05, 3.63) is 0 Å². The predicted octanol–water partition coefficient (Wildman–Crippen LogP) is 1.42. The fraction of sp³-hybridized carbons (Fsp3) is 1.00. The molecule has 0 heterocycles. The summed E-state index contributed by atoms with van der Waals surface area (Å²) in [5.41, 5.74) is 0. The molecular weight excluding hydrogens is 113 g/mol. The van der Waals surface area contributed by atoms with E-state index in [0.29, 0.717) is 0 Å². The van der Waals surface area contributed by atoms with Gasteiger partial charge < -0.3 is 0 Å². The van der Waals surface area contributed by atoms with E-state index in [4.69, 9.17) is 0 Å². The lowest BCUT2D eigenvalue weighted by Gasteiger charge is -1.90. The second kappa shape index (κ2) is 5.74.